The number of carbonyl (C=O) groups is 3. The van der Waals surface area contributed by atoms with Gasteiger partial charge in [0.1, 0.15) is 0 Å². The van der Waals surface area contributed by atoms with Gasteiger partial charge in [0.25, 0.3) is 5.91 Å². The fraction of sp³-hybridized carbons (Fsp3) is 0.500. The first kappa shape index (κ1) is 24.5. The molecule has 190 valence electrons. The number of hydrogen-bond acceptors (Lipinski definition) is 3. The molecule has 1 saturated heterocycles. The maximum Gasteiger partial charge on any atom is 0.253 e. The monoisotopic (exact) mass is 487 g/mol. The smallest absolute Gasteiger partial charge is 0.253 e. The minimum absolute atomic E-state index is 0.0368. The lowest BCUT2D eigenvalue weighted by Crippen LogP contribution is -2.45. The van der Waals surface area contributed by atoms with E-state index in [1.54, 1.807) is 0 Å². The van der Waals surface area contributed by atoms with Crippen LogP contribution in [-0.2, 0) is 22.6 Å². The molecular formula is C30H37N3O3. The van der Waals surface area contributed by atoms with Crippen LogP contribution in [0.2, 0.25) is 0 Å². The molecule has 2 aliphatic heterocycles. The fourth-order valence-electron chi connectivity index (χ4n) is 6.05. The lowest BCUT2D eigenvalue weighted by atomic mass is 9.77. The number of benzene rings is 2. The summed E-state index contributed by atoms with van der Waals surface area (Å²) in [6, 6.07) is 15.7. The van der Waals surface area contributed by atoms with E-state index in [9.17, 15) is 14.4 Å². The predicted octanol–water partition coefficient (Wildman–Crippen LogP) is 4.71. The number of likely N-dealkylation sites (tertiary alicyclic amines) is 1. The second kappa shape index (κ2) is 11.3. The van der Waals surface area contributed by atoms with Gasteiger partial charge in [0.05, 0.1) is 5.92 Å². The van der Waals surface area contributed by atoms with E-state index in [1.165, 1.54) is 18.4 Å². The molecule has 0 unspecified atom stereocenters. The minimum Gasteiger partial charge on any atom is -0.352 e. The zero-order chi connectivity index (χ0) is 24.9. The van der Waals surface area contributed by atoms with E-state index < -0.39 is 0 Å². The van der Waals surface area contributed by atoms with E-state index in [2.05, 4.69) is 11.4 Å². The zero-order valence-electron chi connectivity index (χ0n) is 21.1. The summed E-state index contributed by atoms with van der Waals surface area (Å²) in [4.78, 5) is 43.4. The molecule has 2 atom stereocenters. The molecule has 6 heteroatoms. The molecule has 0 spiro atoms. The van der Waals surface area contributed by atoms with Crippen molar-refractivity contribution in [2.45, 2.75) is 64.3 Å². The molecule has 0 bridgehead atoms. The van der Waals surface area contributed by atoms with Crippen LogP contribution in [0.25, 0.3) is 0 Å². The van der Waals surface area contributed by atoms with E-state index in [0.717, 1.165) is 69.3 Å². The van der Waals surface area contributed by atoms with Crippen molar-refractivity contribution in [2.75, 3.05) is 24.5 Å². The van der Waals surface area contributed by atoms with Gasteiger partial charge in [-0.25, -0.2) is 0 Å². The van der Waals surface area contributed by atoms with Crippen LogP contribution in [0.3, 0.4) is 0 Å². The standard InChI is InChI=1S/C30H37N3O3/c34-28(31-21-22-13-15-24(16-14-22)29(35)32-18-7-1-2-8-19-32)25-10-4-5-11-26(25)30(36)33-20-17-23-9-3-6-12-27(23)33/h3,6,9,12-16,25-26H,1-2,4-5,7-8,10-11,17-21H2,(H,31,34)/t25-,26+/m0/s1. The first-order chi connectivity index (χ1) is 17.6. The number of anilines is 1. The van der Waals surface area contributed by atoms with Crippen molar-refractivity contribution >= 4 is 23.4 Å². The minimum atomic E-state index is -0.289. The van der Waals surface area contributed by atoms with Crippen molar-refractivity contribution in [3.8, 4) is 0 Å². The Morgan fingerprint density at radius 3 is 2.22 bits per heavy atom. The Kier molecular flexibility index (Phi) is 7.69. The molecule has 0 radical (unpaired) electrons. The molecule has 1 aliphatic carbocycles. The molecule has 6 nitrogen and oxygen atoms in total. The van der Waals surface area contributed by atoms with Gasteiger partial charge >= 0.3 is 0 Å². The van der Waals surface area contributed by atoms with Crippen molar-refractivity contribution in [1.29, 1.82) is 0 Å². The van der Waals surface area contributed by atoms with Gasteiger partial charge in [-0.1, -0.05) is 56.0 Å². The summed E-state index contributed by atoms with van der Waals surface area (Å²) in [6.45, 7) is 2.77. The Bertz CT molecular complexity index is 1090. The number of nitrogens with zero attached hydrogens (tertiary/aromatic N) is 2. The number of nitrogens with one attached hydrogen (secondary N) is 1. The summed E-state index contributed by atoms with van der Waals surface area (Å²) < 4.78 is 0. The van der Waals surface area contributed by atoms with E-state index in [0.29, 0.717) is 18.7 Å². The van der Waals surface area contributed by atoms with Crippen LogP contribution >= 0.6 is 0 Å². The maximum absolute atomic E-state index is 13.5. The highest BCUT2D eigenvalue weighted by Crippen LogP contribution is 2.36. The van der Waals surface area contributed by atoms with Crippen LogP contribution < -0.4 is 10.2 Å². The molecule has 2 aromatic rings. The van der Waals surface area contributed by atoms with Crippen LogP contribution in [0.15, 0.2) is 48.5 Å². The number of para-hydroxylation sites is 1. The molecule has 3 amide bonds. The summed E-state index contributed by atoms with van der Waals surface area (Å²) in [5.41, 5.74) is 3.88. The van der Waals surface area contributed by atoms with Crippen LogP contribution in [-0.4, -0.2) is 42.3 Å². The van der Waals surface area contributed by atoms with Crippen molar-refractivity contribution < 1.29 is 14.4 Å². The Morgan fingerprint density at radius 2 is 1.47 bits per heavy atom. The predicted molar refractivity (Wildman–Crippen MR) is 141 cm³/mol. The number of hydrogen-bond donors (Lipinski definition) is 1. The third kappa shape index (κ3) is 5.32. The molecule has 2 heterocycles. The van der Waals surface area contributed by atoms with Gasteiger partial charge in [-0.15, -0.1) is 0 Å². The lowest BCUT2D eigenvalue weighted by molar-refractivity contribution is -0.135. The van der Waals surface area contributed by atoms with E-state index in [1.807, 2.05) is 52.3 Å². The average Bonchev–Trinajstić information content (AvgIpc) is 3.17. The van der Waals surface area contributed by atoms with Crippen molar-refractivity contribution in [3.63, 3.8) is 0 Å². The van der Waals surface area contributed by atoms with Gasteiger partial charge in [-0.05, 0) is 61.4 Å². The number of amides is 3. The normalized spacial score (nSPS) is 22.0. The summed E-state index contributed by atoms with van der Waals surface area (Å²) in [5, 5.41) is 3.08. The van der Waals surface area contributed by atoms with Crippen LogP contribution in [0.5, 0.6) is 0 Å². The van der Waals surface area contributed by atoms with Gasteiger partial charge in [0.2, 0.25) is 11.8 Å². The van der Waals surface area contributed by atoms with Crippen molar-refractivity contribution in [1.82, 2.24) is 10.2 Å². The molecule has 1 saturated carbocycles. The molecule has 0 aromatic heterocycles. The van der Waals surface area contributed by atoms with Gasteiger partial charge in [-0.2, -0.15) is 0 Å². The Hall–Kier alpha value is -3.15. The first-order valence-corrected chi connectivity index (χ1v) is 13.7. The van der Waals surface area contributed by atoms with Crippen LogP contribution in [0, 0.1) is 11.8 Å². The number of rotatable bonds is 5. The molecule has 1 N–H and O–H groups in total. The first-order valence-electron chi connectivity index (χ1n) is 13.7. The number of fused-ring (bicyclic) bond motifs is 1. The summed E-state index contributed by atoms with van der Waals surface area (Å²) in [6.07, 6.45) is 8.90. The Labute approximate surface area is 214 Å². The quantitative estimate of drug-likeness (QED) is 0.664. The van der Waals surface area contributed by atoms with Gasteiger partial charge in [-0.3, -0.25) is 14.4 Å². The Morgan fingerprint density at radius 1 is 0.778 bits per heavy atom. The second-order valence-electron chi connectivity index (χ2n) is 10.5. The molecule has 2 aromatic carbocycles. The van der Waals surface area contributed by atoms with Gasteiger partial charge in [0.15, 0.2) is 0 Å². The third-order valence-corrected chi connectivity index (χ3v) is 8.13. The average molecular weight is 488 g/mol. The van der Waals surface area contributed by atoms with E-state index in [4.69, 9.17) is 0 Å². The molecular weight excluding hydrogens is 450 g/mol. The maximum atomic E-state index is 13.5. The number of carbonyl (C=O) groups excluding carboxylic acids is 3. The van der Waals surface area contributed by atoms with E-state index in [-0.39, 0.29) is 29.6 Å². The Balaban J connectivity index is 1.19. The van der Waals surface area contributed by atoms with Crippen molar-refractivity contribution in [3.05, 3.63) is 65.2 Å². The SMILES string of the molecule is O=C(NCc1ccc(C(=O)N2CCCCCC2)cc1)[C@H]1CCCC[C@H]1C(=O)N1CCc2ccccc21. The highest BCUT2D eigenvalue weighted by Gasteiger charge is 2.39. The topological polar surface area (TPSA) is 69.7 Å². The largest absolute Gasteiger partial charge is 0.352 e. The second-order valence-corrected chi connectivity index (χ2v) is 10.5. The summed E-state index contributed by atoms with van der Waals surface area (Å²) in [7, 11) is 0. The highest BCUT2D eigenvalue weighted by atomic mass is 16.2. The summed E-state index contributed by atoms with van der Waals surface area (Å²) in [5.74, 6) is -0.401. The van der Waals surface area contributed by atoms with Crippen LogP contribution in [0.1, 0.15) is 72.9 Å². The third-order valence-electron chi connectivity index (χ3n) is 8.13. The van der Waals surface area contributed by atoms with Gasteiger partial charge in [0, 0.05) is 43.3 Å². The highest BCUT2D eigenvalue weighted by molar-refractivity contribution is 5.99. The molecule has 3 aliphatic rings. The summed E-state index contributed by atoms with van der Waals surface area (Å²) >= 11 is 0. The van der Waals surface area contributed by atoms with Gasteiger partial charge < -0.3 is 15.1 Å². The van der Waals surface area contributed by atoms with Crippen molar-refractivity contribution in [2.24, 2.45) is 11.8 Å². The molecule has 36 heavy (non-hydrogen) atoms. The lowest BCUT2D eigenvalue weighted by Gasteiger charge is -2.32. The fourth-order valence-corrected chi connectivity index (χ4v) is 6.05. The zero-order valence-corrected chi connectivity index (χ0v) is 21.1. The molecule has 2 fully saturated rings. The van der Waals surface area contributed by atoms with Crippen LogP contribution in [0.4, 0.5) is 5.69 Å². The molecule has 5 rings (SSSR count). The van der Waals surface area contributed by atoms with E-state index >= 15 is 0 Å².